The number of nitrogens with one attached hydrogen (secondary N) is 2. The Kier molecular flexibility index (Phi) is 4.80. The maximum atomic E-state index is 12.7. The number of nitriles is 1. The summed E-state index contributed by atoms with van der Waals surface area (Å²) in [4.78, 5) is 15.4. The molecule has 5 heteroatoms. The van der Waals surface area contributed by atoms with Crippen molar-refractivity contribution in [1.29, 1.82) is 5.26 Å². The molecule has 1 aliphatic carbocycles. The molecule has 2 aliphatic rings. The van der Waals surface area contributed by atoms with Crippen molar-refractivity contribution >= 4 is 22.2 Å². The molecule has 22 heavy (non-hydrogen) atoms. The molecule has 1 aromatic heterocycles. The second-order valence-corrected chi connectivity index (χ2v) is 7.45. The zero-order chi connectivity index (χ0) is 15.5. The van der Waals surface area contributed by atoms with Gasteiger partial charge in [0.05, 0.1) is 18.7 Å². The number of amides is 1. The van der Waals surface area contributed by atoms with Gasteiger partial charge in [0.2, 0.25) is 0 Å². The molecule has 3 rings (SSSR count). The fourth-order valence-electron chi connectivity index (χ4n) is 3.81. The summed E-state index contributed by atoms with van der Waals surface area (Å²) >= 11 is 1.62. The average Bonchev–Trinajstić information content (AvgIpc) is 3.15. The van der Waals surface area contributed by atoms with Crippen LogP contribution in [0.5, 0.6) is 0 Å². The molecular weight excluding hydrogens is 294 g/mol. The third-order valence-corrected chi connectivity index (χ3v) is 6.19. The normalized spacial score (nSPS) is 19.5. The SMILES string of the molecule is CCC(C(=O)Nc1sc2c(c1C#N)CCCC2)[NH+]1CCCC1. The van der Waals surface area contributed by atoms with Crippen LogP contribution in [0.1, 0.15) is 55.0 Å². The lowest BCUT2D eigenvalue weighted by molar-refractivity contribution is -0.903. The molecule has 1 aromatic rings. The lowest BCUT2D eigenvalue weighted by Gasteiger charge is -2.22. The minimum atomic E-state index is 0.0215. The number of anilines is 1. The number of hydrogen-bond acceptors (Lipinski definition) is 3. The van der Waals surface area contributed by atoms with Crippen LogP contribution in [0.3, 0.4) is 0 Å². The number of hydrogen-bond donors (Lipinski definition) is 2. The van der Waals surface area contributed by atoms with Crippen molar-refractivity contribution in [3.63, 3.8) is 0 Å². The topological polar surface area (TPSA) is 57.3 Å². The molecule has 2 N–H and O–H groups in total. The van der Waals surface area contributed by atoms with Crippen molar-refractivity contribution in [2.75, 3.05) is 18.4 Å². The average molecular weight is 318 g/mol. The van der Waals surface area contributed by atoms with Crippen LogP contribution >= 0.6 is 11.3 Å². The van der Waals surface area contributed by atoms with Crippen molar-refractivity contribution in [2.24, 2.45) is 0 Å². The predicted molar refractivity (Wildman–Crippen MR) is 88.3 cm³/mol. The van der Waals surface area contributed by atoms with Gasteiger partial charge in [-0.2, -0.15) is 5.26 Å². The zero-order valence-corrected chi connectivity index (χ0v) is 14.0. The summed E-state index contributed by atoms with van der Waals surface area (Å²) in [5.41, 5.74) is 1.91. The van der Waals surface area contributed by atoms with Crippen LogP contribution < -0.4 is 10.2 Å². The summed E-state index contributed by atoms with van der Waals surface area (Å²) in [5, 5.41) is 13.4. The lowest BCUT2D eigenvalue weighted by Crippen LogP contribution is -3.15. The number of fused-ring (bicyclic) bond motifs is 1. The molecule has 0 radical (unpaired) electrons. The first-order chi connectivity index (χ1) is 10.7. The van der Waals surface area contributed by atoms with E-state index < -0.39 is 0 Å². The van der Waals surface area contributed by atoms with Crippen LogP contribution in [-0.4, -0.2) is 25.0 Å². The molecule has 0 saturated carbocycles. The van der Waals surface area contributed by atoms with Crippen LogP contribution in [0, 0.1) is 11.3 Å². The number of nitrogens with zero attached hydrogens (tertiary/aromatic N) is 1. The molecule has 1 fully saturated rings. The third kappa shape index (κ3) is 2.90. The van der Waals surface area contributed by atoms with Crippen molar-refractivity contribution in [2.45, 2.75) is 57.9 Å². The minimum Gasteiger partial charge on any atom is -0.325 e. The van der Waals surface area contributed by atoms with Gasteiger partial charge in [0.1, 0.15) is 11.1 Å². The fourth-order valence-corrected chi connectivity index (χ4v) is 5.05. The summed E-state index contributed by atoms with van der Waals surface area (Å²) in [6, 6.07) is 2.35. The van der Waals surface area contributed by atoms with Crippen LogP contribution in [-0.2, 0) is 17.6 Å². The lowest BCUT2D eigenvalue weighted by atomic mass is 9.96. The van der Waals surface area contributed by atoms with Gasteiger partial charge in [-0.15, -0.1) is 11.3 Å². The molecular formula is C17H24N3OS+. The molecule has 1 unspecified atom stereocenters. The number of carbonyl (C=O) groups is 1. The monoisotopic (exact) mass is 318 g/mol. The number of carbonyl (C=O) groups excluding carboxylic acids is 1. The van der Waals surface area contributed by atoms with E-state index in [1.807, 2.05) is 0 Å². The van der Waals surface area contributed by atoms with Gasteiger partial charge in [-0.25, -0.2) is 0 Å². The first kappa shape index (κ1) is 15.5. The summed E-state index contributed by atoms with van der Waals surface area (Å²) in [7, 11) is 0. The van der Waals surface area contributed by atoms with Crippen molar-refractivity contribution in [3.05, 3.63) is 16.0 Å². The molecule has 1 atom stereocenters. The van der Waals surface area contributed by atoms with Gasteiger partial charge in [0, 0.05) is 24.1 Å². The molecule has 4 nitrogen and oxygen atoms in total. The van der Waals surface area contributed by atoms with E-state index in [1.54, 1.807) is 11.3 Å². The summed E-state index contributed by atoms with van der Waals surface area (Å²) < 4.78 is 0. The molecule has 0 aromatic carbocycles. The van der Waals surface area contributed by atoms with Gasteiger partial charge >= 0.3 is 0 Å². The number of quaternary nitrogens is 1. The Balaban J connectivity index is 1.78. The summed E-state index contributed by atoms with van der Waals surface area (Å²) in [6.45, 7) is 4.27. The molecule has 2 heterocycles. The first-order valence-corrected chi connectivity index (χ1v) is 9.26. The highest BCUT2D eigenvalue weighted by Gasteiger charge is 2.32. The smallest absolute Gasteiger partial charge is 0.283 e. The summed E-state index contributed by atoms with van der Waals surface area (Å²) in [5.74, 6) is 0.0921. The van der Waals surface area contributed by atoms with E-state index in [-0.39, 0.29) is 11.9 Å². The Morgan fingerprint density at radius 2 is 2.05 bits per heavy atom. The van der Waals surface area contributed by atoms with Gasteiger partial charge in [-0.05, 0) is 31.2 Å². The number of rotatable bonds is 4. The van der Waals surface area contributed by atoms with Crippen molar-refractivity contribution < 1.29 is 9.69 Å². The highest BCUT2D eigenvalue weighted by Crippen LogP contribution is 2.37. The van der Waals surface area contributed by atoms with Crippen molar-refractivity contribution in [1.82, 2.24) is 0 Å². The zero-order valence-electron chi connectivity index (χ0n) is 13.2. The van der Waals surface area contributed by atoms with Crippen LogP contribution in [0.15, 0.2) is 0 Å². The summed E-state index contributed by atoms with van der Waals surface area (Å²) in [6.07, 6.45) is 7.68. The standard InChI is InChI=1S/C17H23N3OS/c1-2-14(20-9-5-6-10-20)16(21)19-17-13(11-18)12-7-3-4-8-15(12)22-17/h14H,2-10H2,1H3,(H,19,21)/p+1. The van der Waals surface area contributed by atoms with E-state index in [1.165, 1.54) is 34.6 Å². The predicted octanol–water partition coefficient (Wildman–Crippen LogP) is 1.89. The number of thiophene rings is 1. The van der Waals surface area contributed by atoms with Crippen LogP contribution in [0.2, 0.25) is 0 Å². The molecule has 0 spiro atoms. The fraction of sp³-hybridized carbons (Fsp3) is 0.647. The molecule has 1 saturated heterocycles. The Hall–Kier alpha value is -1.38. The van der Waals surface area contributed by atoms with E-state index >= 15 is 0 Å². The van der Waals surface area contributed by atoms with Gasteiger partial charge in [-0.1, -0.05) is 6.92 Å². The number of likely N-dealkylation sites (tertiary alicyclic amines) is 1. The largest absolute Gasteiger partial charge is 0.325 e. The number of aryl methyl sites for hydroxylation is 1. The van der Waals surface area contributed by atoms with Gasteiger partial charge < -0.3 is 10.2 Å². The highest BCUT2D eigenvalue weighted by atomic mass is 32.1. The van der Waals surface area contributed by atoms with Crippen LogP contribution in [0.4, 0.5) is 5.00 Å². The third-order valence-electron chi connectivity index (χ3n) is 4.98. The molecule has 118 valence electrons. The van der Waals surface area contributed by atoms with Gasteiger partial charge in [0.25, 0.3) is 5.91 Å². The van der Waals surface area contributed by atoms with Crippen molar-refractivity contribution in [3.8, 4) is 6.07 Å². The highest BCUT2D eigenvalue weighted by molar-refractivity contribution is 7.16. The van der Waals surface area contributed by atoms with Gasteiger partial charge in [-0.3, -0.25) is 4.79 Å². The van der Waals surface area contributed by atoms with E-state index in [0.29, 0.717) is 0 Å². The quantitative estimate of drug-likeness (QED) is 0.891. The molecule has 0 bridgehead atoms. The van der Waals surface area contributed by atoms with E-state index in [0.717, 1.165) is 49.3 Å². The molecule has 1 amide bonds. The van der Waals surface area contributed by atoms with Crippen LogP contribution in [0.25, 0.3) is 0 Å². The second kappa shape index (κ2) is 6.80. The molecule has 1 aliphatic heterocycles. The maximum absolute atomic E-state index is 12.7. The second-order valence-electron chi connectivity index (χ2n) is 6.34. The Morgan fingerprint density at radius 3 is 2.73 bits per heavy atom. The van der Waals surface area contributed by atoms with E-state index in [2.05, 4.69) is 18.3 Å². The van der Waals surface area contributed by atoms with Gasteiger partial charge in [0.15, 0.2) is 6.04 Å². The first-order valence-electron chi connectivity index (χ1n) is 8.44. The van der Waals surface area contributed by atoms with E-state index in [4.69, 9.17) is 0 Å². The Bertz CT molecular complexity index is 596. The Morgan fingerprint density at radius 1 is 1.32 bits per heavy atom. The Labute approximate surface area is 136 Å². The maximum Gasteiger partial charge on any atom is 0.283 e. The minimum absolute atomic E-state index is 0.0215. The van der Waals surface area contributed by atoms with E-state index in [9.17, 15) is 10.1 Å².